The van der Waals surface area contributed by atoms with Crippen LogP contribution in [0.2, 0.25) is 0 Å². The number of aryl methyl sites for hydroxylation is 1. The number of nitrogens with zero attached hydrogens (tertiary/aromatic N) is 2. The second-order valence-corrected chi connectivity index (χ2v) is 16.3. The number of aromatic nitrogens is 2. The van der Waals surface area contributed by atoms with Crippen LogP contribution in [0.5, 0.6) is 0 Å². The fourth-order valence-corrected chi connectivity index (χ4v) is 8.81. The number of pyridine rings is 2. The Morgan fingerprint density at radius 2 is 1.00 bits per heavy atom. The fourth-order valence-electron chi connectivity index (χ4n) is 7.30. The van der Waals surface area contributed by atoms with E-state index in [-0.39, 0.29) is 31.6 Å². The number of allylic oxidation sites excluding steroid dienone is 2. The maximum atomic E-state index is 12.7. The number of halogens is 2. The Morgan fingerprint density at radius 1 is 0.576 bits per heavy atom. The van der Waals surface area contributed by atoms with Gasteiger partial charge in [-0.3, -0.25) is 4.79 Å². The van der Waals surface area contributed by atoms with E-state index in [0.717, 1.165) is 90.9 Å². The third kappa shape index (κ3) is 9.71. The van der Waals surface area contributed by atoms with E-state index < -0.39 is 0 Å². The zero-order valence-electron chi connectivity index (χ0n) is 31.9. The Bertz CT molecular complexity index is 2650. The van der Waals surface area contributed by atoms with Crippen molar-refractivity contribution in [1.82, 2.24) is 9.97 Å². The summed E-state index contributed by atoms with van der Waals surface area (Å²) in [5.74, 6) is -0.0849. The van der Waals surface area contributed by atoms with Crippen molar-refractivity contribution < 1.29 is 30.0 Å². The van der Waals surface area contributed by atoms with Crippen LogP contribution in [0.4, 0.5) is 0 Å². The minimum Gasteiger partial charge on any atom is -0.512 e. The summed E-state index contributed by atoms with van der Waals surface area (Å²) in [6, 6.07) is 59.5. The summed E-state index contributed by atoms with van der Waals surface area (Å²) in [6.07, 6.45) is 5.75. The van der Waals surface area contributed by atoms with Gasteiger partial charge in [0.25, 0.3) is 0 Å². The molecule has 0 aliphatic rings. The number of carbonyl (C=O) groups excluding carboxylic acids is 1. The van der Waals surface area contributed by atoms with Crippen molar-refractivity contribution in [2.24, 2.45) is 0 Å². The summed E-state index contributed by atoms with van der Waals surface area (Å²) in [7, 11) is 0. The van der Waals surface area contributed by atoms with Crippen molar-refractivity contribution in [3.8, 4) is 78.1 Å². The van der Waals surface area contributed by atoms with Gasteiger partial charge in [0.1, 0.15) is 0 Å². The van der Waals surface area contributed by atoms with E-state index in [4.69, 9.17) is 0 Å². The summed E-state index contributed by atoms with van der Waals surface area (Å²) in [5.41, 5.74) is 15.6. The molecule has 8 aromatic rings. The molecule has 0 atom stereocenters. The monoisotopic (exact) mass is 1170 g/mol. The van der Waals surface area contributed by atoms with Gasteiger partial charge in [0, 0.05) is 45.0 Å². The van der Waals surface area contributed by atoms with Gasteiger partial charge in [0.2, 0.25) is 0 Å². The van der Waals surface area contributed by atoms with Gasteiger partial charge in [0.05, 0.1) is 5.76 Å². The number of aliphatic hydroxyl groups is 1. The Balaban J connectivity index is 0.00000528. The van der Waals surface area contributed by atoms with Crippen molar-refractivity contribution >= 4 is 51.0 Å². The summed E-state index contributed by atoms with van der Waals surface area (Å²) in [4.78, 5) is 21.8. The van der Waals surface area contributed by atoms with Crippen LogP contribution in [0.1, 0.15) is 18.9 Å². The second-order valence-electron chi connectivity index (χ2n) is 13.9. The molecule has 7 heteroatoms. The van der Waals surface area contributed by atoms with Gasteiger partial charge in [-0.2, -0.15) is 0 Å². The molecule has 0 fully saturated rings. The van der Waals surface area contributed by atoms with Crippen LogP contribution in [0.15, 0.2) is 176 Å². The summed E-state index contributed by atoms with van der Waals surface area (Å²) in [5, 5.41) is 9.74. The summed E-state index contributed by atoms with van der Waals surface area (Å²) in [6.45, 7) is 1.52. The number of rotatable bonds is 11. The number of benzene rings is 6. The van der Waals surface area contributed by atoms with Crippen molar-refractivity contribution in [3.63, 3.8) is 0 Å². The van der Waals surface area contributed by atoms with Gasteiger partial charge in [-0.15, -0.1) is 47.5 Å². The molecule has 0 bridgehead atoms. The molecule has 6 aromatic carbocycles. The average molecular weight is 1170 g/mol. The first-order valence-electron chi connectivity index (χ1n) is 18.9. The molecule has 1 N–H and O–H groups in total. The quantitative estimate of drug-likeness (QED) is 0.0607. The van der Waals surface area contributed by atoms with Crippen molar-refractivity contribution in [1.29, 1.82) is 0 Å². The SMILES string of the molecule is C/C(O)=C/C(=O)CCc1ccccc1-c1cc(-c2ccccc2-c2c[c-]c(-c3ccccn3)cc2I)cc(-c2ccccc2-c2c[c-]c(-c3ccccn3)cc2I)c1.[Ir]. The smallest absolute Gasteiger partial charge is 0.159 e. The molecule has 59 heavy (non-hydrogen) atoms. The Morgan fingerprint density at radius 3 is 1.44 bits per heavy atom. The fraction of sp³-hybridized carbons (Fsp3) is 0.0577. The third-order valence-corrected chi connectivity index (χ3v) is 11.8. The van der Waals surface area contributed by atoms with Crippen LogP contribution < -0.4 is 0 Å². The molecule has 0 unspecified atom stereocenters. The van der Waals surface area contributed by atoms with Crippen molar-refractivity contribution in [2.45, 2.75) is 19.8 Å². The normalized spacial score (nSPS) is 11.2. The van der Waals surface area contributed by atoms with E-state index in [2.05, 4.69) is 176 Å². The van der Waals surface area contributed by atoms with Crippen molar-refractivity contribution in [3.05, 3.63) is 201 Å². The Hall–Kier alpha value is -5.06. The largest absolute Gasteiger partial charge is 0.512 e. The van der Waals surface area contributed by atoms with Gasteiger partial charge in [-0.1, -0.05) is 172 Å². The van der Waals surface area contributed by atoms with Gasteiger partial charge in [0.15, 0.2) is 5.78 Å². The van der Waals surface area contributed by atoms with E-state index in [9.17, 15) is 9.90 Å². The molecule has 0 spiro atoms. The first-order chi connectivity index (χ1) is 28.3. The first-order valence-corrected chi connectivity index (χ1v) is 21.1. The number of ketones is 1. The minimum absolute atomic E-state index is 0. The van der Waals surface area contributed by atoms with Crippen LogP contribution in [0.3, 0.4) is 0 Å². The predicted octanol–water partition coefficient (Wildman–Crippen LogP) is 13.9. The molecule has 2 heterocycles. The van der Waals surface area contributed by atoms with E-state index in [1.807, 2.05) is 54.9 Å². The molecular weight excluding hydrogens is 1130 g/mol. The number of hydrogen-bond acceptors (Lipinski definition) is 4. The number of aliphatic hydroxyl groups excluding tert-OH is 1. The molecule has 2 aromatic heterocycles. The molecule has 8 rings (SSSR count). The van der Waals surface area contributed by atoms with E-state index in [1.54, 1.807) is 0 Å². The zero-order chi connectivity index (χ0) is 40.0. The molecule has 0 saturated heterocycles. The van der Waals surface area contributed by atoms with E-state index in [1.165, 1.54) is 13.0 Å². The maximum Gasteiger partial charge on any atom is 0.159 e. The van der Waals surface area contributed by atoms with Crippen LogP contribution in [-0.4, -0.2) is 20.9 Å². The third-order valence-electron chi connectivity index (χ3n) is 10.0. The molecule has 0 saturated carbocycles. The van der Waals surface area contributed by atoms with Crippen LogP contribution in [0, 0.1) is 19.3 Å². The van der Waals surface area contributed by atoms with Crippen LogP contribution >= 0.6 is 45.2 Å². The average Bonchev–Trinajstić information content (AvgIpc) is 3.26. The Labute approximate surface area is 386 Å². The summed E-state index contributed by atoms with van der Waals surface area (Å²) < 4.78 is 2.21. The number of hydrogen-bond donors (Lipinski definition) is 1. The number of carbonyl (C=O) groups is 1. The maximum absolute atomic E-state index is 12.7. The molecule has 4 nitrogen and oxygen atoms in total. The van der Waals surface area contributed by atoms with Crippen molar-refractivity contribution in [2.75, 3.05) is 0 Å². The second kappa shape index (κ2) is 19.3. The predicted molar refractivity (Wildman–Crippen MR) is 253 cm³/mol. The van der Waals surface area contributed by atoms with Gasteiger partial charge >= 0.3 is 0 Å². The van der Waals surface area contributed by atoms with Crippen LogP contribution in [0.25, 0.3) is 78.1 Å². The summed E-state index contributed by atoms with van der Waals surface area (Å²) >= 11 is 4.85. The standard InChI is InChI=1S/C52H36I2N2O2.Ir/c1-34(57)28-41(58)23-20-35-12-2-3-13-42(35)38-29-39(43-14-4-6-16-45(43)47-24-21-36(32-49(47)53)51-18-8-10-26-55-51)31-40(30-38)44-15-5-7-17-46(44)48-25-22-37(33-50(48)54)52-19-9-11-27-56-52;/h2-19,24-33,57H,20,23H2,1H3;/q-2;/b34-28-;. The van der Waals surface area contributed by atoms with Gasteiger partial charge < -0.3 is 15.1 Å². The molecule has 0 amide bonds. The molecule has 1 radical (unpaired) electrons. The first kappa shape index (κ1) is 42.1. The van der Waals surface area contributed by atoms with E-state index in [0.29, 0.717) is 12.8 Å². The Kier molecular flexibility index (Phi) is 13.8. The zero-order valence-corrected chi connectivity index (χ0v) is 38.6. The van der Waals surface area contributed by atoms with Gasteiger partial charge in [-0.05, 0) is 94.0 Å². The minimum atomic E-state index is -0.104. The molecule has 0 aliphatic heterocycles. The topological polar surface area (TPSA) is 63.1 Å². The molecular formula is C52H36I2IrN2O2-2. The molecule has 0 aliphatic carbocycles. The van der Waals surface area contributed by atoms with Gasteiger partial charge in [-0.25, -0.2) is 0 Å². The van der Waals surface area contributed by atoms with E-state index >= 15 is 0 Å². The molecule has 291 valence electrons. The van der Waals surface area contributed by atoms with Crippen LogP contribution in [-0.2, 0) is 31.3 Å².